The molecule has 0 bridgehead atoms. The van der Waals surface area contributed by atoms with Crippen LogP contribution in [0.25, 0.3) is 0 Å². The standard InChI is InChI=1S/C11H12Cl2O3S/c12-10-6-8(7-17(13,14)15)4-5-11(10)16-9-2-1-3-9/h4-6,9H,1-3,7H2. The minimum atomic E-state index is -3.55. The molecule has 0 aromatic heterocycles. The van der Waals surface area contributed by atoms with Gasteiger partial charge in [-0.3, -0.25) is 0 Å². The molecule has 0 N–H and O–H groups in total. The summed E-state index contributed by atoms with van der Waals surface area (Å²) in [4.78, 5) is 0. The van der Waals surface area contributed by atoms with Crippen molar-refractivity contribution in [2.24, 2.45) is 0 Å². The molecule has 0 heterocycles. The first kappa shape index (κ1) is 13.0. The van der Waals surface area contributed by atoms with Crippen LogP contribution in [0.5, 0.6) is 5.75 Å². The molecule has 17 heavy (non-hydrogen) atoms. The first-order valence-electron chi connectivity index (χ1n) is 5.31. The van der Waals surface area contributed by atoms with E-state index < -0.39 is 9.05 Å². The molecule has 1 aliphatic rings. The van der Waals surface area contributed by atoms with E-state index in [1.165, 1.54) is 6.42 Å². The number of hydrogen-bond acceptors (Lipinski definition) is 3. The number of benzene rings is 1. The molecular weight excluding hydrogens is 283 g/mol. The van der Waals surface area contributed by atoms with Crippen LogP contribution in [0.2, 0.25) is 5.02 Å². The zero-order valence-corrected chi connectivity index (χ0v) is 11.4. The molecule has 1 aliphatic carbocycles. The Morgan fingerprint density at radius 2 is 2.06 bits per heavy atom. The molecule has 0 amide bonds. The van der Waals surface area contributed by atoms with Crippen molar-refractivity contribution in [3.05, 3.63) is 28.8 Å². The first-order valence-corrected chi connectivity index (χ1v) is 8.17. The van der Waals surface area contributed by atoms with Crippen molar-refractivity contribution in [3.63, 3.8) is 0 Å². The summed E-state index contributed by atoms with van der Waals surface area (Å²) in [6, 6.07) is 4.94. The lowest BCUT2D eigenvalue weighted by Gasteiger charge is -2.26. The molecule has 0 spiro atoms. The highest BCUT2D eigenvalue weighted by atomic mass is 35.7. The molecule has 2 rings (SSSR count). The van der Waals surface area contributed by atoms with Crippen molar-refractivity contribution in [3.8, 4) is 5.75 Å². The van der Waals surface area contributed by atoms with Crippen molar-refractivity contribution in [1.29, 1.82) is 0 Å². The van der Waals surface area contributed by atoms with E-state index in [9.17, 15) is 8.42 Å². The van der Waals surface area contributed by atoms with Gasteiger partial charge in [0.1, 0.15) is 5.75 Å². The lowest BCUT2D eigenvalue weighted by atomic mass is 9.96. The second-order valence-corrected chi connectivity index (χ2v) is 7.30. The Balaban J connectivity index is 2.10. The van der Waals surface area contributed by atoms with Gasteiger partial charge in [0.05, 0.1) is 16.9 Å². The monoisotopic (exact) mass is 294 g/mol. The summed E-state index contributed by atoms with van der Waals surface area (Å²) in [6.07, 6.45) is 3.53. The van der Waals surface area contributed by atoms with Crippen LogP contribution in [-0.2, 0) is 14.8 Å². The molecule has 6 heteroatoms. The van der Waals surface area contributed by atoms with Crippen molar-refractivity contribution in [2.45, 2.75) is 31.1 Å². The van der Waals surface area contributed by atoms with Crippen LogP contribution in [0.1, 0.15) is 24.8 Å². The highest BCUT2D eigenvalue weighted by Crippen LogP contribution is 2.31. The third kappa shape index (κ3) is 3.76. The highest BCUT2D eigenvalue weighted by Gasteiger charge is 2.20. The van der Waals surface area contributed by atoms with Crippen LogP contribution >= 0.6 is 22.3 Å². The van der Waals surface area contributed by atoms with E-state index in [0.29, 0.717) is 16.3 Å². The summed E-state index contributed by atoms with van der Waals surface area (Å²) in [5.74, 6) is 0.380. The third-order valence-electron chi connectivity index (χ3n) is 2.68. The van der Waals surface area contributed by atoms with E-state index in [0.717, 1.165) is 12.8 Å². The Hall–Kier alpha value is -0.450. The SMILES string of the molecule is O=S(=O)(Cl)Cc1ccc(OC2CCC2)c(Cl)c1. The molecule has 0 unspecified atom stereocenters. The van der Waals surface area contributed by atoms with Gasteiger partial charge in [0, 0.05) is 10.7 Å². The maximum atomic E-state index is 10.9. The number of rotatable bonds is 4. The Kier molecular flexibility index (Phi) is 3.85. The van der Waals surface area contributed by atoms with Gasteiger partial charge in [-0.15, -0.1) is 0 Å². The van der Waals surface area contributed by atoms with Gasteiger partial charge >= 0.3 is 0 Å². The van der Waals surface area contributed by atoms with Crippen LogP contribution in [0.15, 0.2) is 18.2 Å². The summed E-state index contributed by atoms with van der Waals surface area (Å²) in [7, 11) is 1.62. The Morgan fingerprint density at radius 1 is 1.35 bits per heavy atom. The molecule has 0 saturated heterocycles. The average Bonchev–Trinajstić information content (AvgIpc) is 2.11. The maximum Gasteiger partial charge on any atom is 0.236 e. The molecule has 1 aromatic rings. The fraction of sp³-hybridized carbons (Fsp3) is 0.455. The third-order valence-corrected chi connectivity index (χ3v) is 3.98. The minimum absolute atomic E-state index is 0.224. The second kappa shape index (κ2) is 5.04. The van der Waals surface area contributed by atoms with Crippen LogP contribution in [0, 0.1) is 0 Å². The quantitative estimate of drug-likeness (QED) is 0.800. The minimum Gasteiger partial charge on any atom is -0.489 e. The molecular formula is C11H12Cl2O3S. The Labute approximate surface area is 110 Å². The van der Waals surface area contributed by atoms with Gasteiger partial charge in [0.2, 0.25) is 9.05 Å². The van der Waals surface area contributed by atoms with Crippen LogP contribution < -0.4 is 4.74 Å². The number of halogens is 2. The van der Waals surface area contributed by atoms with Crippen LogP contribution in [0.4, 0.5) is 0 Å². The summed E-state index contributed by atoms with van der Waals surface area (Å²) >= 11 is 6.02. The van der Waals surface area contributed by atoms with Gasteiger partial charge < -0.3 is 4.74 Å². The van der Waals surface area contributed by atoms with Gasteiger partial charge in [-0.2, -0.15) is 0 Å². The van der Waals surface area contributed by atoms with Crippen molar-refractivity contribution in [2.75, 3.05) is 0 Å². The molecule has 1 aromatic carbocycles. The van der Waals surface area contributed by atoms with E-state index >= 15 is 0 Å². The van der Waals surface area contributed by atoms with Gasteiger partial charge in [0.25, 0.3) is 0 Å². The van der Waals surface area contributed by atoms with E-state index in [-0.39, 0.29) is 11.9 Å². The van der Waals surface area contributed by atoms with Gasteiger partial charge in [0.15, 0.2) is 0 Å². The predicted molar refractivity (Wildman–Crippen MR) is 68.2 cm³/mol. The smallest absolute Gasteiger partial charge is 0.236 e. The largest absolute Gasteiger partial charge is 0.489 e. The second-order valence-electron chi connectivity index (χ2n) is 4.12. The molecule has 0 atom stereocenters. The summed E-state index contributed by atoms with van der Waals surface area (Å²) < 4.78 is 27.5. The molecule has 1 fully saturated rings. The molecule has 3 nitrogen and oxygen atoms in total. The molecule has 0 aliphatic heterocycles. The van der Waals surface area contributed by atoms with E-state index in [2.05, 4.69) is 0 Å². The van der Waals surface area contributed by atoms with Crippen LogP contribution in [0.3, 0.4) is 0 Å². The maximum absolute atomic E-state index is 10.9. The molecule has 0 radical (unpaired) electrons. The van der Waals surface area contributed by atoms with Gasteiger partial charge in [-0.05, 0) is 37.0 Å². The van der Waals surface area contributed by atoms with Crippen LogP contribution in [-0.4, -0.2) is 14.5 Å². The molecule has 1 saturated carbocycles. The molecule has 94 valence electrons. The van der Waals surface area contributed by atoms with Crippen molar-refractivity contribution < 1.29 is 13.2 Å². The first-order chi connectivity index (χ1) is 7.94. The van der Waals surface area contributed by atoms with E-state index in [1.54, 1.807) is 18.2 Å². The van der Waals surface area contributed by atoms with Crippen molar-refractivity contribution >= 4 is 31.3 Å². The predicted octanol–water partition coefficient (Wildman–Crippen LogP) is 3.34. The average molecular weight is 295 g/mol. The number of ether oxygens (including phenoxy) is 1. The van der Waals surface area contributed by atoms with Gasteiger partial charge in [-0.1, -0.05) is 17.7 Å². The fourth-order valence-corrected chi connectivity index (χ4v) is 2.80. The fourth-order valence-electron chi connectivity index (χ4n) is 1.60. The number of hydrogen-bond donors (Lipinski definition) is 0. The Bertz CT molecular complexity index is 509. The van der Waals surface area contributed by atoms with Crippen molar-refractivity contribution in [1.82, 2.24) is 0 Å². The highest BCUT2D eigenvalue weighted by molar-refractivity contribution is 8.13. The summed E-state index contributed by atoms with van der Waals surface area (Å²) in [5.41, 5.74) is 0.561. The normalized spacial score (nSPS) is 16.6. The van der Waals surface area contributed by atoms with Gasteiger partial charge in [-0.25, -0.2) is 8.42 Å². The lowest BCUT2D eigenvalue weighted by molar-refractivity contribution is 0.120. The lowest BCUT2D eigenvalue weighted by Crippen LogP contribution is -2.24. The zero-order chi connectivity index (χ0) is 12.5. The summed E-state index contributed by atoms with van der Waals surface area (Å²) in [5, 5.41) is 0.426. The van der Waals surface area contributed by atoms with E-state index in [4.69, 9.17) is 27.0 Å². The Morgan fingerprint density at radius 3 is 2.53 bits per heavy atom. The summed E-state index contributed by atoms with van der Waals surface area (Å²) in [6.45, 7) is 0. The van der Waals surface area contributed by atoms with E-state index in [1.807, 2.05) is 0 Å². The zero-order valence-electron chi connectivity index (χ0n) is 9.03. The topological polar surface area (TPSA) is 43.4 Å².